The van der Waals surface area contributed by atoms with Crippen molar-refractivity contribution in [2.75, 3.05) is 19.6 Å². The van der Waals surface area contributed by atoms with Gasteiger partial charge in [0.2, 0.25) is 0 Å². The zero-order valence-electron chi connectivity index (χ0n) is 15.0. The Bertz CT molecular complexity index is 753. The van der Waals surface area contributed by atoms with Gasteiger partial charge < -0.3 is 9.88 Å². The Balaban J connectivity index is 1.76. The van der Waals surface area contributed by atoms with Gasteiger partial charge in [-0.2, -0.15) is 0 Å². The number of benzene rings is 1. The highest BCUT2D eigenvalue weighted by molar-refractivity contribution is 9.10. The summed E-state index contributed by atoms with van der Waals surface area (Å²) >= 11 is 9.61. The standard InChI is InChI=1S/C20H25BrClN3O/c1-24-10-6-7-18(24)19(25-11-4-2-3-5-12-25)14-23-20(26)16-13-15(21)8-9-17(16)22/h6-10,13,19H,2-5,11-12,14H2,1H3,(H,23,26). The summed E-state index contributed by atoms with van der Waals surface area (Å²) in [6, 6.07) is 9.72. The molecule has 0 bridgehead atoms. The van der Waals surface area contributed by atoms with Crippen LogP contribution in [0, 0.1) is 0 Å². The first-order valence-corrected chi connectivity index (χ1v) is 10.3. The molecule has 0 radical (unpaired) electrons. The summed E-state index contributed by atoms with van der Waals surface area (Å²) in [5.74, 6) is -0.134. The van der Waals surface area contributed by atoms with Gasteiger partial charge in [0.15, 0.2) is 0 Å². The van der Waals surface area contributed by atoms with E-state index in [9.17, 15) is 4.79 Å². The highest BCUT2D eigenvalue weighted by atomic mass is 79.9. The van der Waals surface area contributed by atoms with E-state index in [2.05, 4.69) is 56.1 Å². The van der Waals surface area contributed by atoms with Crippen LogP contribution >= 0.6 is 27.5 Å². The maximum Gasteiger partial charge on any atom is 0.252 e. The summed E-state index contributed by atoms with van der Waals surface area (Å²) in [4.78, 5) is 15.2. The lowest BCUT2D eigenvalue weighted by atomic mass is 10.1. The summed E-state index contributed by atoms with van der Waals surface area (Å²) in [5, 5.41) is 3.57. The second-order valence-electron chi connectivity index (χ2n) is 6.84. The fourth-order valence-electron chi connectivity index (χ4n) is 3.60. The van der Waals surface area contributed by atoms with Crippen molar-refractivity contribution in [1.29, 1.82) is 0 Å². The summed E-state index contributed by atoms with van der Waals surface area (Å²) in [5.41, 5.74) is 1.73. The van der Waals surface area contributed by atoms with Crippen LogP contribution in [0.3, 0.4) is 0 Å². The molecule has 1 N–H and O–H groups in total. The number of rotatable bonds is 5. The van der Waals surface area contributed by atoms with E-state index in [1.54, 1.807) is 12.1 Å². The van der Waals surface area contributed by atoms with E-state index in [0.29, 0.717) is 17.1 Å². The van der Waals surface area contributed by atoms with E-state index >= 15 is 0 Å². The van der Waals surface area contributed by atoms with Gasteiger partial charge in [-0.1, -0.05) is 40.4 Å². The molecule has 0 aliphatic carbocycles. The predicted molar refractivity (Wildman–Crippen MR) is 110 cm³/mol. The van der Waals surface area contributed by atoms with Crippen LogP contribution in [-0.4, -0.2) is 35.0 Å². The molecule has 26 heavy (non-hydrogen) atoms. The molecule has 0 saturated carbocycles. The van der Waals surface area contributed by atoms with Crippen molar-refractivity contribution in [3.8, 4) is 0 Å². The molecule has 0 spiro atoms. The largest absolute Gasteiger partial charge is 0.353 e. The van der Waals surface area contributed by atoms with Gasteiger partial charge in [0, 0.05) is 30.0 Å². The minimum atomic E-state index is -0.134. The van der Waals surface area contributed by atoms with Crippen molar-refractivity contribution in [1.82, 2.24) is 14.8 Å². The number of halogens is 2. The number of nitrogens with one attached hydrogen (secondary N) is 1. The van der Waals surface area contributed by atoms with Crippen molar-refractivity contribution in [3.63, 3.8) is 0 Å². The number of hydrogen-bond donors (Lipinski definition) is 1. The number of aromatic nitrogens is 1. The second-order valence-corrected chi connectivity index (χ2v) is 8.17. The Morgan fingerprint density at radius 2 is 1.96 bits per heavy atom. The van der Waals surface area contributed by atoms with Crippen LogP contribution in [0.2, 0.25) is 5.02 Å². The van der Waals surface area contributed by atoms with Gasteiger partial charge in [-0.3, -0.25) is 9.69 Å². The zero-order chi connectivity index (χ0) is 18.5. The van der Waals surface area contributed by atoms with E-state index in [1.165, 1.54) is 31.4 Å². The number of carbonyl (C=O) groups is 1. The normalized spacial score (nSPS) is 16.9. The molecular weight excluding hydrogens is 414 g/mol. The molecule has 1 amide bonds. The van der Waals surface area contributed by atoms with Crippen LogP contribution in [0.4, 0.5) is 0 Å². The number of carbonyl (C=O) groups excluding carboxylic acids is 1. The fraction of sp³-hybridized carbons (Fsp3) is 0.450. The van der Waals surface area contributed by atoms with E-state index in [1.807, 2.05) is 6.07 Å². The summed E-state index contributed by atoms with van der Waals surface area (Å²) < 4.78 is 2.99. The van der Waals surface area contributed by atoms with Crippen LogP contribution < -0.4 is 5.32 Å². The molecule has 4 nitrogen and oxygen atoms in total. The SMILES string of the molecule is Cn1cccc1C(CNC(=O)c1cc(Br)ccc1Cl)N1CCCCCC1. The first kappa shape index (κ1) is 19.5. The average molecular weight is 439 g/mol. The van der Waals surface area contributed by atoms with Crippen LogP contribution in [-0.2, 0) is 7.05 Å². The highest BCUT2D eigenvalue weighted by Crippen LogP contribution is 2.25. The van der Waals surface area contributed by atoms with Gasteiger partial charge in [0.05, 0.1) is 16.6 Å². The van der Waals surface area contributed by atoms with Gasteiger partial charge >= 0.3 is 0 Å². The molecule has 1 aromatic carbocycles. The number of aryl methyl sites for hydroxylation is 1. The van der Waals surface area contributed by atoms with E-state index < -0.39 is 0 Å². The molecule has 1 atom stereocenters. The molecule has 2 aromatic rings. The minimum absolute atomic E-state index is 0.134. The number of likely N-dealkylation sites (tertiary alicyclic amines) is 1. The lowest BCUT2D eigenvalue weighted by molar-refractivity contribution is 0.0931. The first-order valence-electron chi connectivity index (χ1n) is 9.15. The molecule has 1 aliphatic rings. The third-order valence-corrected chi connectivity index (χ3v) is 5.86. The lowest BCUT2D eigenvalue weighted by Crippen LogP contribution is -2.39. The second kappa shape index (κ2) is 9.07. The van der Waals surface area contributed by atoms with Crippen molar-refractivity contribution in [3.05, 3.63) is 57.3 Å². The Morgan fingerprint density at radius 1 is 1.23 bits per heavy atom. The molecule has 1 aliphatic heterocycles. The van der Waals surface area contributed by atoms with Gasteiger partial charge in [0.1, 0.15) is 0 Å². The highest BCUT2D eigenvalue weighted by Gasteiger charge is 2.24. The molecule has 2 heterocycles. The third-order valence-electron chi connectivity index (χ3n) is 5.04. The topological polar surface area (TPSA) is 37.3 Å². The zero-order valence-corrected chi connectivity index (χ0v) is 17.4. The Labute approximate surface area is 168 Å². The van der Waals surface area contributed by atoms with Gasteiger partial charge in [-0.15, -0.1) is 0 Å². The van der Waals surface area contributed by atoms with Gasteiger partial charge in [0.25, 0.3) is 5.91 Å². The molecule has 1 fully saturated rings. The van der Waals surface area contributed by atoms with Crippen molar-refractivity contribution in [2.45, 2.75) is 31.7 Å². The number of amides is 1. The molecular formula is C20H25BrClN3O. The van der Waals surface area contributed by atoms with Crippen molar-refractivity contribution >= 4 is 33.4 Å². The summed E-state index contributed by atoms with van der Waals surface area (Å²) in [7, 11) is 2.06. The summed E-state index contributed by atoms with van der Waals surface area (Å²) in [6.07, 6.45) is 7.07. The Hall–Kier alpha value is -1.30. The van der Waals surface area contributed by atoms with Crippen molar-refractivity contribution < 1.29 is 4.79 Å². The quantitative estimate of drug-likeness (QED) is 0.729. The number of nitrogens with zero attached hydrogens (tertiary/aromatic N) is 2. The van der Waals surface area contributed by atoms with E-state index in [0.717, 1.165) is 17.6 Å². The van der Waals surface area contributed by atoms with Crippen LogP contribution in [0.15, 0.2) is 41.0 Å². The summed E-state index contributed by atoms with van der Waals surface area (Å²) in [6.45, 7) is 2.71. The Morgan fingerprint density at radius 3 is 2.62 bits per heavy atom. The molecule has 6 heteroatoms. The molecule has 1 unspecified atom stereocenters. The Kier molecular flexibility index (Phi) is 6.79. The maximum absolute atomic E-state index is 12.7. The average Bonchev–Trinajstić information content (AvgIpc) is 2.88. The predicted octanol–water partition coefficient (Wildman–Crippen LogP) is 4.79. The van der Waals surface area contributed by atoms with Crippen LogP contribution in [0.5, 0.6) is 0 Å². The van der Waals surface area contributed by atoms with Crippen molar-refractivity contribution in [2.24, 2.45) is 7.05 Å². The van der Waals surface area contributed by atoms with Crippen LogP contribution in [0.25, 0.3) is 0 Å². The van der Waals surface area contributed by atoms with E-state index in [-0.39, 0.29) is 11.9 Å². The first-order chi connectivity index (χ1) is 12.6. The minimum Gasteiger partial charge on any atom is -0.353 e. The molecule has 1 aromatic heterocycles. The van der Waals surface area contributed by atoms with Gasteiger partial charge in [-0.05, 0) is 56.3 Å². The molecule has 140 valence electrons. The monoisotopic (exact) mass is 437 g/mol. The van der Waals surface area contributed by atoms with Crippen LogP contribution in [0.1, 0.15) is 47.8 Å². The molecule has 3 rings (SSSR count). The number of hydrogen-bond acceptors (Lipinski definition) is 2. The maximum atomic E-state index is 12.7. The van der Waals surface area contributed by atoms with Gasteiger partial charge in [-0.25, -0.2) is 0 Å². The van der Waals surface area contributed by atoms with E-state index in [4.69, 9.17) is 11.6 Å². The smallest absolute Gasteiger partial charge is 0.252 e. The molecule has 1 saturated heterocycles. The fourth-order valence-corrected chi connectivity index (χ4v) is 4.17. The lowest BCUT2D eigenvalue weighted by Gasteiger charge is -2.31. The third kappa shape index (κ3) is 4.70.